The first-order chi connectivity index (χ1) is 12.2. The number of benzene rings is 1. The molecule has 2 amide bonds. The van der Waals surface area contributed by atoms with Crippen LogP contribution in [0.4, 0.5) is 0 Å². The molecule has 3 aliphatic rings. The molecule has 1 saturated carbocycles. The maximum atomic E-state index is 13.0. The monoisotopic (exact) mass is 340 g/mol. The molecule has 1 aromatic rings. The van der Waals surface area contributed by atoms with Crippen molar-refractivity contribution in [1.29, 1.82) is 0 Å². The van der Waals surface area contributed by atoms with Crippen molar-refractivity contribution in [3.8, 4) is 0 Å². The molecule has 1 aromatic carbocycles. The van der Waals surface area contributed by atoms with E-state index in [1.54, 1.807) is 11.0 Å². The molecular formula is C20H24N2O3. The third-order valence-electron chi connectivity index (χ3n) is 5.35. The van der Waals surface area contributed by atoms with Gasteiger partial charge < -0.3 is 4.90 Å². The average molecular weight is 340 g/mol. The van der Waals surface area contributed by atoms with Crippen LogP contribution in [0.5, 0.6) is 0 Å². The predicted octanol–water partition coefficient (Wildman–Crippen LogP) is 3.13. The van der Waals surface area contributed by atoms with Crippen LogP contribution in [0.25, 0.3) is 6.08 Å². The summed E-state index contributed by atoms with van der Waals surface area (Å²) in [5.41, 5.74) is 1.24. The highest BCUT2D eigenvalue weighted by Gasteiger charge is 2.46. The van der Waals surface area contributed by atoms with E-state index in [9.17, 15) is 9.59 Å². The van der Waals surface area contributed by atoms with Gasteiger partial charge in [-0.15, -0.1) is 0 Å². The second kappa shape index (κ2) is 7.00. The lowest BCUT2D eigenvalue weighted by atomic mass is 9.98. The molecule has 132 valence electrons. The summed E-state index contributed by atoms with van der Waals surface area (Å²) in [4.78, 5) is 33.8. The molecule has 3 fully saturated rings. The van der Waals surface area contributed by atoms with Crippen LogP contribution >= 0.6 is 0 Å². The van der Waals surface area contributed by atoms with Crippen LogP contribution in [0.1, 0.15) is 50.5 Å². The molecule has 0 unspecified atom stereocenters. The summed E-state index contributed by atoms with van der Waals surface area (Å²) in [5.74, 6) is -0.188. The van der Waals surface area contributed by atoms with Crippen molar-refractivity contribution in [3.63, 3.8) is 0 Å². The number of hydrogen-bond donors (Lipinski definition) is 0. The number of carbonyl (C=O) groups is 2. The van der Waals surface area contributed by atoms with Crippen LogP contribution in [-0.4, -0.2) is 40.5 Å². The van der Waals surface area contributed by atoms with E-state index >= 15 is 0 Å². The van der Waals surface area contributed by atoms with Gasteiger partial charge in [-0.1, -0.05) is 49.6 Å². The summed E-state index contributed by atoms with van der Waals surface area (Å²) in [6.07, 6.45) is 8.76. The Labute approximate surface area is 148 Å². The Hall–Kier alpha value is -2.14. The van der Waals surface area contributed by atoms with Crippen LogP contribution in [0.15, 0.2) is 36.0 Å². The first kappa shape index (κ1) is 16.3. The second-order valence-corrected chi connectivity index (χ2v) is 7.09. The molecule has 0 radical (unpaired) electrons. The number of amides is 2. The third-order valence-corrected chi connectivity index (χ3v) is 5.35. The van der Waals surface area contributed by atoms with E-state index < -0.39 is 0 Å². The number of piperazine rings is 1. The van der Waals surface area contributed by atoms with E-state index in [1.807, 2.05) is 30.3 Å². The Morgan fingerprint density at radius 2 is 1.72 bits per heavy atom. The summed E-state index contributed by atoms with van der Waals surface area (Å²) in [6, 6.07) is 9.28. The summed E-state index contributed by atoms with van der Waals surface area (Å²) in [6.45, 7) is 0.651. The SMILES string of the molecule is O=C1[C@@H]2CCCN2C(=O)/C(=C\c2ccccc2)N1OC1CCCCC1. The molecule has 0 spiro atoms. The van der Waals surface area contributed by atoms with Crippen molar-refractivity contribution in [2.24, 2.45) is 0 Å². The van der Waals surface area contributed by atoms with Gasteiger partial charge in [-0.05, 0) is 37.3 Å². The van der Waals surface area contributed by atoms with Gasteiger partial charge in [0.2, 0.25) is 0 Å². The van der Waals surface area contributed by atoms with Crippen molar-refractivity contribution in [3.05, 3.63) is 41.6 Å². The van der Waals surface area contributed by atoms with E-state index in [1.165, 1.54) is 11.5 Å². The molecular weight excluding hydrogens is 316 g/mol. The summed E-state index contributed by atoms with van der Waals surface area (Å²) in [5, 5.41) is 1.32. The Morgan fingerprint density at radius 3 is 2.48 bits per heavy atom. The minimum atomic E-state index is -0.357. The summed E-state index contributed by atoms with van der Waals surface area (Å²) in [7, 11) is 0. The lowest BCUT2D eigenvalue weighted by Gasteiger charge is -2.39. The van der Waals surface area contributed by atoms with Crippen molar-refractivity contribution in [2.75, 3.05) is 6.54 Å². The number of rotatable bonds is 3. The van der Waals surface area contributed by atoms with Gasteiger partial charge >= 0.3 is 0 Å². The molecule has 2 saturated heterocycles. The van der Waals surface area contributed by atoms with Crippen LogP contribution in [-0.2, 0) is 14.4 Å². The minimum Gasteiger partial charge on any atom is -0.325 e. The van der Waals surface area contributed by atoms with Crippen molar-refractivity contribution < 1.29 is 14.4 Å². The Bertz CT molecular complexity index is 679. The fourth-order valence-electron chi connectivity index (χ4n) is 4.01. The number of carbonyl (C=O) groups excluding carboxylic acids is 2. The quantitative estimate of drug-likeness (QED) is 0.795. The lowest BCUT2D eigenvalue weighted by Crippen LogP contribution is -2.56. The van der Waals surface area contributed by atoms with Gasteiger partial charge in [0.25, 0.3) is 11.8 Å². The molecule has 4 rings (SSSR count). The highest BCUT2D eigenvalue weighted by molar-refractivity contribution is 6.07. The van der Waals surface area contributed by atoms with Gasteiger partial charge in [0.1, 0.15) is 11.7 Å². The van der Waals surface area contributed by atoms with Gasteiger partial charge in [0.05, 0.1) is 6.10 Å². The fourth-order valence-corrected chi connectivity index (χ4v) is 4.01. The molecule has 2 aliphatic heterocycles. The summed E-state index contributed by atoms with van der Waals surface area (Å²) >= 11 is 0. The molecule has 1 aliphatic carbocycles. The molecule has 1 atom stereocenters. The molecule has 0 bridgehead atoms. The van der Waals surface area contributed by atoms with Crippen LogP contribution in [0.2, 0.25) is 0 Å². The third kappa shape index (κ3) is 3.21. The van der Waals surface area contributed by atoms with Gasteiger partial charge in [-0.3, -0.25) is 14.4 Å². The Morgan fingerprint density at radius 1 is 0.960 bits per heavy atom. The zero-order valence-electron chi connectivity index (χ0n) is 14.4. The van der Waals surface area contributed by atoms with Gasteiger partial charge in [-0.25, -0.2) is 0 Å². The predicted molar refractivity (Wildman–Crippen MR) is 94.0 cm³/mol. The zero-order chi connectivity index (χ0) is 17.2. The molecule has 5 heteroatoms. The molecule has 0 N–H and O–H groups in total. The topological polar surface area (TPSA) is 49.9 Å². The average Bonchev–Trinajstić information content (AvgIpc) is 3.14. The number of nitrogens with zero attached hydrogens (tertiary/aromatic N) is 2. The Kier molecular flexibility index (Phi) is 4.57. The fraction of sp³-hybridized carbons (Fsp3) is 0.500. The maximum absolute atomic E-state index is 13.0. The van der Waals surface area contributed by atoms with E-state index in [-0.39, 0.29) is 24.0 Å². The maximum Gasteiger partial charge on any atom is 0.273 e. The largest absolute Gasteiger partial charge is 0.325 e. The van der Waals surface area contributed by atoms with Crippen LogP contribution < -0.4 is 0 Å². The van der Waals surface area contributed by atoms with Crippen molar-refractivity contribution in [2.45, 2.75) is 57.1 Å². The van der Waals surface area contributed by atoms with Gasteiger partial charge in [-0.2, -0.15) is 5.06 Å². The second-order valence-electron chi connectivity index (χ2n) is 7.09. The molecule has 0 aromatic heterocycles. The van der Waals surface area contributed by atoms with Crippen molar-refractivity contribution in [1.82, 2.24) is 9.96 Å². The normalized spacial score (nSPS) is 26.4. The number of hydroxylamine groups is 2. The summed E-state index contributed by atoms with van der Waals surface area (Å²) < 4.78 is 0. The zero-order valence-corrected chi connectivity index (χ0v) is 14.4. The molecule has 2 heterocycles. The van der Waals surface area contributed by atoms with Crippen molar-refractivity contribution >= 4 is 17.9 Å². The molecule has 25 heavy (non-hydrogen) atoms. The van der Waals surface area contributed by atoms with Gasteiger partial charge in [0, 0.05) is 6.54 Å². The van der Waals surface area contributed by atoms with E-state index in [4.69, 9.17) is 4.84 Å². The van der Waals surface area contributed by atoms with E-state index in [0.717, 1.165) is 44.1 Å². The lowest BCUT2D eigenvalue weighted by molar-refractivity contribution is -0.209. The minimum absolute atomic E-state index is 0.0256. The molecule has 5 nitrogen and oxygen atoms in total. The Balaban J connectivity index is 1.66. The van der Waals surface area contributed by atoms with E-state index in [0.29, 0.717) is 12.2 Å². The van der Waals surface area contributed by atoms with Gasteiger partial charge in [0.15, 0.2) is 0 Å². The smallest absolute Gasteiger partial charge is 0.273 e. The number of hydrogen-bond acceptors (Lipinski definition) is 3. The van der Waals surface area contributed by atoms with Crippen LogP contribution in [0.3, 0.4) is 0 Å². The first-order valence-corrected chi connectivity index (χ1v) is 9.32. The number of fused-ring (bicyclic) bond motifs is 1. The standard InChI is InChI=1S/C20H24N2O3/c23-19-18(14-15-8-3-1-4-9-15)22(25-16-10-5-2-6-11-16)20(24)17-12-7-13-21(17)19/h1,3-4,8-9,14,16-17H,2,5-7,10-13H2/b18-14+/t17-/m0/s1. The van der Waals surface area contributed by atoms with E-state index in [2.05, 4.69) is 0 Å². The van der Waals surface area contributed by atoms with Crippen LogP contribution in [0, 0.1) is 0 Å². The highest BCUT2D eigenvalue weighted by atomic mass is 16.7. The highest BCUT2D eigenvalue weighted by Crippen LogP contribution is 2.32. The first-order valence-electron chi connectivity index (χ1n) is 9.32.